The van der Waals surface area contributed by atoms with Crippen LogP contribution in [-0.2, 0) is 18.9 Å². The Morgan fingerprint density at radius 3 is 2.07 bits per heavy atom. The van der Waals surface area contributed by atoms with Crippen molar-refractivity contribution in [2.75, 3.05) is 13.2 Å². The highest BCUT2D eigenvalue weighted by molar-refractivity contribution is 5.22. The van der Waals surface area contributed by atoms with Crippen molar-refractivity contribution in [2.45, 2.75) is 186 Å². The van der Waals surface area contributed by atoms with E-state index in [0.717, 1.165) is 19.3 Å². The van der Waals surface area contributed by atoms with Crippen LogP contribution in [0.1, 0.15) is 107 Å². The highest BCUT2D eigenvalue weighted by Gasteiger charge is 2.73. The van der Waals surface area contributed by atoms with Gasteiger partial charge >= 0.3 is 0 Å². The summed E-state index contributed by atoms with van der Waals surface area (Å²) in [6, 6.07) is 0. The molecule has 0 spiro atoms. The van der Waals surface area contributed by atoms with Gasteiger partial charge in [0.15, 0.2) is 12.6 Å². The van der Waals surface area contributed by atoms with Gasteiger partial charge in [0.2, 0.25) is 0 Å². The van der Waals surface area contributed by atoms with E-state index in [0.29, 0.717) is 32.1 Å². The number of ether oxygens (including phenoxy) is 4. The summed E-state index contributed by atoms with van der Waals surface area (Å²) in [7, 11) is 0. The third-order valence-electron chi connectivity index (χ3n) is 16.1. The minimum Gasteiger partial charge on any atom is -0.394 e. The molecular weight excluding hydrogens is 700 g/mol. The van der Waals surface area contributed by atoms with Crippen molar-refractivity contribution >= 4 is 0 Å². The third kappa shape index (κ3) is 6.86. The maximum absolute atomic E-state index is 12.2. The minimum atomic E-state index is -1.67. The Labute approximate surface area is 320 Å². The van der Waals surface area contributed by atoms with Crippen molar-refractivity contribution in [3.05, 3.63) is 11.6 Å². The second kappa shape index (κ2) is 15.1. The molecule has 6 rings (SSSR count). The molecule has 4 aliphatic carbocycles. The van der Waals surface area contributed by atoms with Gasteiger partial charge in [-0.05, 0) is 117 Å². The fourth-order valence-corrected chi connectivity index (χ4v) is 13.1. The SMILES string of the molecule is CC(C)=CCCC(C)(O)C1CCC2(C)C1C(O)CC1C3(C)CCC(O)C(C)(C)C3C(OC3OC(COC4OC(CO)C(O)C4O)C(O)C(O)C3O)CC12C. The summed E-state index contributed by atoms with van der Waals surface area (Å²) in [5.74, 6) is -0.436. The van der Waals surface area contributed by atoms with Crippen LogP contribution >= 0.6 is 0 Å². The van der Waals surface area contributed by atoms with E-state index in [9.17, 15) is 46.0 Å². The smallest absolute Gasteiger partial charge is 0.186 e. The molecule has 9 N–H and O–H groups in total. The van der Waals surface area contributed by atoms with E-state index >= 15 is 0 Å². The molecule has 2 saturated heterocycles. The topological polar surface area (TPSA) is 219 Å². The Balaban J connectivity index is 1.30. The molecular formula is C41H70O13. The first-order chi connectivity index (χ1) is 25.0. The van der Waals surface area contributed by atoms with E-state index in [4.69, 9.17) is 18.9 Å². The second-order valence-electron chi connectivity index (χ2n) is 19.8. The summed E-state index contributed by atoms with van der Waals surface area (Å²) in [6.07, 6.45) is -7.03. The zero-order valence-electron chi connectivity index (χ0n) is 33.5. The fraction of sp³-hybridized carbons (Fsp3) is 0.951. The standard InChI is InChI=1S/C41H70O13/c1-20(2)10-9-13-41(8,50)21-11-15-39(6)28(21)22(43)16-26-38(5)14-12-27(44)37(3,4)34(38)23(17-40(26,39)7)52-36-33(49)31(47)30(46)25(54-36)19-51-35-32(48)29(45)24(18-42)53-35/h10,21-36,42-50H,9,11-19H2,1-8H3. The lowest BCUT2D eigenvalue weighted by Gasteiger charge is -2.72. The molecule has 0 aromatic carbocycles. The molecule has 13 nitrogen and oxygen atoms in total. The zero-order chi connectivity index (χ0) is 39.9. The third-order valence-corrected chi connectivity index (χ3v) is 16.1. The van der Waals surface area contributed by atoms with Crippen LogP contribution in [0.25, 0.3) is 0 Å². The Bertz CT molecular complexity index is 1350. The highest BCUT2D eigenvalue weighted by Crippen LogP contribution is 2.76. The molecule has 20 atom stereocenters. The lowest BCUT2D eigenvalue weighted by Crippen LogP contribution is -2.71. The van der Waals surface area contributed by atoms with Crippen LogP contribution in [0.5, 0.6) is 0 Å². The molecule has 312 valence electrons. The molecule has 2 heterocycles. The molecule has 13 heteroatoms. The second-order valence-corrected chi connectivity index (χ2v) is 19.8. The maximum atomic E-state index is 12.2. The molecule has 0 amide bonds. The Kier molecular flexibility index (Phi) is 12.0. The first kappa shape index (κ1) is 42.8. The average Bonchev–Trinajstić information content (AvgIpc) is 3.61. The number of allylic oxidation sites excluding steroid dienone is 2. The van der Waals surface area contributed by atoms with Crippen molar-refractivity contribution in [1.29, 1.82) is 0 Å². The van der Waals surface area contributed by atoms with Gasteiger partial charge in [0.25, 0.3) is 0 Å². The van der Waals surface area contributed by atoms with Crippen LogP contribution in [0.15, 0.2) is 11.6 Å². The van der Waals surface area contributed by atoms with E-state index in [1.165, 1.54) is 5.57 Å². The first-order valence-electron chi connectivity index (χ1n) is 20.4. The number of hydrogen-bond donors (Lipinski definition) is 9. The number of fused-ring (bicyclic) bond motifs is 5. The zero-order valence-corrected chi connectivity index (χ0v) is 33.5. The lowest BCUT2D eigenvalue weighted by atomic mass is 9.34. The quantitative estimate of drug-likeness (QED) is 0.114. The Hall–Kier alpha value is -0.780. The predicted molar refractivity (Wildman–Crippen MR) is 196 cm³/mol. The molecule has 6 fully saturated rings. The number of aliphatic hydroxyl groups is 9. The molecule has 20 unspecified atom stereocenters. The van der Waals surface area contributed by atoms with Gasteiger partial charge < -0.3 is 64.9 Å². The van der Waals surface area contributed by atoms with Gasteiger partial charge in [-0.2, -0.15) is 0 Å². The van der Waals surface area contributed by atoms with Crippen LogP contribution in [0.4, 0.5) is 0 Å². The molecule has 0 aromatic heterocycles. The molecule has 2 aliphatic heterocycles. The first-order valence-corrected chi connectivity index (χ1v) is 20.4. The summed E-state index contributed by atoms with van der Waals surface area (Å²) >= 11 is 0. The number of rotatable bonds is 10. The van der Waals surface area contributed by atoms with Crippen molar-refractivity contribution in [1.82, 2.24) is 0 Å². The predicted octanol–water partition coefficient (Wildman–Crippen LogP) is 1.76. The summed E-state index contributed by atoms with van der Waals surface area (Å²) in [6.45, 7) is 16.0. The molecule has 4 saturated carbocycles. The van der Waals surface area contributed by atoms with Crippen LogP contribution < -0.4 is 0 Å². The Morgan fingerprint density at radius 1 is 0.815 bits per heavy atom. The van der Waals surface area contributed by atoms with E-state index in [2.05, 4.69) is 40.7 Å². The summed E-state index contributed by atoms with van der Waals surface area (Å²) in [4.78, 5) is 0. The van der Waals surface area contributed by atoms with Crippen molar-refractivity contribution in [3.63, 3.8) is 0 Å². The average molecular weight is 771 g/mol. The largest absolute Gasteiger partial charge is 0.394 e. The van der Waals surface area contributed by atoms with Crippen LogP contribution in [-0.4, -0.2) is 138 Å². The summed E-state index contributed by atoms with van der Waals surface area (Å²) < 4.78 is 24.2. The van der Waals surface area contributed by atoms with Crippen molar-refractivity contribution in [3.8, 4) is 0 Å². The van der Waals surface area contributed by atoms with Crippen LogP contribution in [0.2, 0.25) is 0 Å². The molecule has 0 aromatic rings. The molecule has 0 bridgehead atoms. The van der Waals surface area contributed by atoms with E-state index in [-0.39, 0.29) is 35.7 Å². The monoisotopic (exact) mass is 770 g/mol. The molecule has 54 heavy (non-hydrogen) atoms. The summed E-state index contributed by atoms with van der Waals surface area (Å²) in [5, 5.41) is 99.1. The fourth-order valence-electron chi connectivity index (χ4n) is 13.1. The lowest BCUT2D eigenvalue weighted by molar-refractivity contribution is -0.350. The normalized spacial score (nSPS) is 52.5. The van der Waals surface area contributed by atoms with Gasteiger partial charge in [0.05, 0.1) is 37.1 Å². The van der Waals surface area contributed by atoms with Crippen molar-refractivity contribution in [2.24, 2.45) is 45.3 Å². The number of hydrogen-bond acceptors (Lipinski definition) is 13. The van der Waals surface area contributed by atoms with E-state index < -0.39 is 102 Å². The van der Waals surface area contributed by atoms with Gasteiger partial charge in [-0.25, -0.2) is 0 Å². The van der Waals surface area contributed by atoms with E-state index in [1.54, 1.807) is 0 Å². The number of aliphatic hydroxyl groups excluding tert-OH is 8. The summed E-state index contributed by atoms with van der Waals surface area (Å²) in [5.41, 5.74) is -1.58. The van der Waals surface area contributed by atoms with Gasteiger partial charge in [-0.15, -0.1) is 0 Å². The molecule has 0 radical (unpaired) electrons. The van der Waals surface area contributed by atoms with Gasteiger partial charge in [-0.1, -0.05) is 46.3 Å². The van der Waals surface area contributed by atoms with Crippen molar-refractivity contribution < 1.29 is 64.9 Å². The maximum Gasteiger partial charge on any atom is 0.186 e. The van der Waals surface area contributed by atoms with E-state index in [1.807, 2.05) is 20.8 Å². The van der Waals surface area contributed by atoms with Gasteiger partial charge in [0.1, 0.15) is 42.7 Å². The highest BCUT2D eigenvalue weighted by atomic mass is 16.7. The van der Waals surface area contributed by atoms with Gasteiger partial charge in [0, 0.05) is 0 Å². The van der Waals surface area contributed by atoms with Crippen LogP contribution in [0, 0.1) is 45.3 Å². The van der Waals surface area contributed by atoms with Crippen LogP contribution in [0.3, 0.4) is 0 Å². The molecule has 6 aliphatic rings. The Morgan fingerprint density at radius 2 is 1.44 bits per heavy atom. The van der Waals surface area contributed by atoms with Gasteiger partial charge in [-0.3, -0.25) is 0 Å². The minimum absolute atomic E-state index is 0.0638.